The molecule has 234 valence electrons. The topological polar surface area (TPSA) is 113 Å². The summed E-state index contributed by atoms with van der Waals surface area (Å²) >= 11 is 6.32. The van der Waals surface area contributed by atoms with E-state index < -0.39 is 5.60 Å². The number of carbonyl (C=O) groups is 1. The summed E-state index contributed by atoms with van der Waals surface area (Å²) in [7, 11) is 3.45. The van der Waals surface area contributed by atoms with Crippen molar-refractivity contribution in [3.05, 3.63) is 130 Å². The quantitative estimate of drug-likeness (QED) is 0.243. The average Bonchev–Trinajstić information content (AvgIpc) is 3.06. The molecule has 1 amide bonds. The molecule has 1 aromatic heterocycles. The molecular formula is C35H38ClN5O4. The van der Waals surface area contributed by atoms with Crippen LogP contribution in [0.3, 0.4) is 0 Å². The Hall–Kier alpha value is -4.41. The third kappa shape index (κ3) is 6.53. The molecule has 9 nitrogen and oxygen atoms in total. The zero-order valence-electron chi connectivity index (χ0n) is 25.5. The summed E-state index contributed by atoms with van der Waals surface area (Å²) in [5.41, 5.74) is 8.18. The van der Waals surface area contributed by atoms with E-state index in [9.17, 15) is 14.7 Å². The van der Waals surface area contributed by atoms with E-state index in [0.717, 1.165) is 30.6 Å². The molecule has 0 radical (unpaired) electrons. The monoisotopic (exact) mass is 627 g/mol. The molecule has 45 heavy (non-hydrogen) atoms. The number of carbonyl (C=O) groups excluding carboxylic acids is 1. The number of aryl methyl sites for hydroxylation is 1. The first-order chi connectivity index (χ1) is 21.7. The molecule has 4 aromatic rings. The molecule has 1 saturated heterocycles. The second-order valence-corrected chi connectivity index (χ2v) is 11.5. The number of hydrogen-bond donors (Lipinski definition) is 3. The average molecular weight is 628 g/mol. The molecule has 3 aromatic carbocycles. The predicted molar refractivity (Wildman–Crippen MR) is 179 cm³/mol. The molecule has 0 saturated carbocycles. The Kier molecular flexibility index (Phi) is 9.74. The maximum Gasteiger partial charge on any atom is 0.251 e. The van der Waals surface area contributed by atoms with Gasteiger partial charge in [0.25, 0.3) is 11.5 Å². The van der Waals surface area contributed by atoms with Crippen LogP contribution in [0.15, 0.2) is 102 Å². The van der Waals surface area contributed by atoms with Crippen LogP contribution in [0, 0.1) is 0 Å². The molecule has 1 aliphatic heterocycles. The lowest BCUT2D eigenvalue weighted by Crippen LogP contribution is -2.41. The van der Waals surface area contributed by atoms with E-state index in [4.69, 9.17) is 22.1 Å². The van der Waals surface area contributed by atoms with Crippen molar-refractivity contribution in [1.82, 2.24) is 19.7 Å². The highest BCUT2D eigenvalue weighted by molar-refractivity contribution is 6.30. The minimum atomic E-state index is -1.75. The van der Waals surface area contributed by atoms with E-state index in [1.165, 1.54) is 6.20 Å². The van der Waals surface area contributed by atoms with Crippen LogP contribution in [0.5, 0.6) is 0 Å². The number of pyridine rings is 1. The second-order valence-electron chi connectivity index (χ2n) is 11.0. The Morgan fingerprint density at radius 2 is 1.82 bits per heavy atom. The minimum absolute atomic E-state index is 0.173. The van der Waals surface area contributed by atoms with Crippen LogP contribution in [0.25, 0.3) is 22.0 Å². The fraction of sp³-hybridized carbons (Fsp3) is 0.257. The van der Waals surface area contributed by atoms with Crippen LogP contribution >= 0.6 is 11.6 Å². The van der Waals surface area contributed by atoms with Crippen molar-refractivity contribution >= 4 is 28.4 Å². The Morgan fingerprint density at radius 1 is 1.11 bits per heavy atom. The third-order valence-corrected chi connectivity index (χ3v) is 8.60. The lowest BCUT2D eigenvalue weighted by Gasteiger charge is -2.36. The molecule has 1 unspecified atom stereocenters. The maximum atomic E-state index is 13.0. The number of benzene rings is 3. The standard InChI is InChI=1S/C35H38ClN5O4/c1-4-39(2)32(23-37)35(44,26-10-8-24(9-11-26)34(43)38-14-15-41-16-18-45-19-17-41)27-12-13-31-30(21-27)29(22-33(42)40(31)3)25-6-5-7-28(36)20-25/h4-13,20-23,44H,1,14-19,37H2,2-3H3,(H,38,43)/b32-23-. The zero-order valence-corrected chi connectivity index (χ0v) is 26.3. The van der Waals surface area contributed by atoms with E-state index in [0.29, 0.717) is 58.2 Å². The van der Waals surface area contributed by atoms with Crippen LogP contribution in [0.1, 0.15) is 21.5 Å². The fourth-order valence-electron chi connectivity index (χ4n) is 5.75. The van der Waals surface area contributed by atoms with Gasteiger partial charge >= 0.3 is 0 Å². The molecule has 1 aliphatic rings. The molecular weight excluding hydrogens is 590 g/mol. The summed E-state index contributed by atoms with van der Waals surface area (Å²) in [5, 5.41) is 16.9. The van der Waals surface area contributed by atoms with Gasteiger partial charge < -0.3 is 30.4 Å². The van der Waals surface area contributed by atoms with Crippen molar-refractivity contribution in [2.75, 3.05) is 46.4 Å². The first-order valence-corrected chi connectivity index (χ1v) is 15.1. The van der Waals surface area contributed by atoms with E-state index in [-0.39, 0.29) is 11.5 Å². The van der Waals surface area contributed by atoms with Gasteiger partial charge in [0.1, 0.15) is 0 Å². The lowest BCUT2D eigenvalue weighted by atomic mass is 9.81. The smallest absolute Gasteiger partial charge is 0.251 e. The fourth-order valence-corrected chi connectivity index (χ4v) is 5.94. The largest absolute Gasteiger partial charge is 0.403 e. The summed E-state index contributed by atoms with van der Waals surface area (Å²) < 4.78 is 6.95. The summed E-state index contributed by atoms with van der Waals surface area (Å²) in [4.78, 5) is 29.8. The second kappa shape index (κ2) is 13.7. The van der Waals surface area contributed by atoms with Crippen molar-refractivity contribution in [3.63, 3.8) is 0 Å². The van der Waals surface area contributed by atoms with E-state index in [2.05, 4.69) is 16.8 Å². The lowest BCUT2D eigenvalue weighted by molar-refractivity contribution is 0.0383. The number of halogens is 1. The number of morpholine rings is 1. The number of aliphatic hydroxyl groups is 1. The summed E-state index contributed by atoms with van der Waals surface area (Å²) in [6.45, 7) is 8.24. The molecule has 4 N–H and O–H groups in total. The van der Waals surface area contributed by atoms with Crippen LogP contribution in [0.4, 0.5) is 0 Å². The zero-order chi connectivity index (χ0) is 32.1. The van der Waals surface area contributed by atoms with Gasteiger partial charge in [-0.2, -0.15) is 0 Å². The van der Waals surface area contributed by atoms with Crippen molar-refractivity contribution < 1.29 is 14.6 Å². The Bertz CT molecular complexity index is 1800. The number of ether oxygens (including phenoxy) is 1. The highest BCUT2D eigenvalue weighted by atomic mass is 35.5. The van der Waals surface area contributed by atoms with Gasteiger partial charge in [0.15, 0.2) is 5.60 Å². The number of nitrogens with zero attached hydrogens (tertiary/aromatic N) is 3. The van der Waals surface area contributed by atoms with Gasteiger partial charge in [-0.05, 0) is 64.9 Å². The van der Waals surface area contributed by atoms with Gasteiger partial charge in [-0.1, -0.05) is 48.5 Å². The molecule has 0 aliphatic carbocycles. The van der Waals surface area contributed by atoms with Gasteiger partial charge in [0, 0.05) is 68.5 Å². The molecule has 0 bridgehead atoms. The van der Waals surface area contributed by atoms with Crippen molar-refractivity contribution in [2.24, 2.45) is 12.8 Å². The molecule has 10 heteroatoms. The number of nitrogens with one attached hydrogen (secondary N) is 1. The Balaban J connectivity index is 1.56. The van der Waals surface area contributed by atoms with Gasteiger partial charge in [-0.3, -0.25) is 14.5 Å². The van der Waals surface area contributed by atoms with E-state index in [1.54, 1.807) is 78.3 Å². The van der Waals surface area contributed by atoms with Gasteiger partial charge in [-0.15, -0.1) is 0 Å². The SMILES string of the molecule is C=CN(C)/C(=C\N)C(O)(c1ccc(C(=O)NCCN2CCOCC2)cc1)c1ccc2c(c1)c(-c1cccc(Cl)c1)cc(=O)n2C. The van der Waals surface area contributed by atoms with Crippen LogP contribution < -0.4 is 16.6 Å². The van der Waals surface area contributed by atoms with Crippen LogP contribution in [-0.2, 0) is 17.4 Å². The molecule has 2 heterocycles. The van der Waals surface area contributed by atoms with Gasteiger partial charge in [0.05, 0.1) is 24.4 Å². The van der Waals surface area contributed by atoms with Crippen molar-refractivity contribution in [2.45, 2.75) is 5.60 Å². The molecule has 0 spiro atoms. The van der Waals surface area contributed by atoms with Crippen molar-refractivity contribution in [1.29, 1.82) is 0 Å². The molecule has 5 rings (SSSR count). The number of amides is 1. The third-order valence-electron chi connectivity index (χ3n) is 8.36. The Labute approximate surface area is 267 Å². The highest BCUT2D eigenvalue weighted by Gasteiger charge is 2.38. The number of nitrogens with two attached hydrogens (primary N) is 1. The maximum absolute atomic E-state index is 13.0. The highest BCUT2D eigenvalue weighted by Crippen LogP contribution is 2.40. The first kappa shape index (κ1) is 32.0. The normalized spacial score (nSPS) is 15.4. The Morgan fingerprint density at radius 3 is 2.49 bits per heavy atom. The summed E-state index contributed by atoms with van der Waals surface area (Å²) in [6.07, 6.45) is 2.90. The number of hydrogen-bond acceptors (Lipinski definition) is 7. The number of aromatic nitrogens is 1. The number of likely N-dealkylation sites (N-methyl/N-ethyl adjacent to an activating group) is 1. The number of rotatable bonds is 10. The minimum Gasteiger partial charge on any atom is -0.403 e. The van der Waals surface area contributed by atoms with E-state index >= 15 is 0 Å². The molecule has 1 fully saturated rings. The summed E-state index contributed by atoms with van der Waals surface area (Å²) in [6, 6.07) is 21.1. The van der Waals surface area contributed by atoms with Crippen LogP contribution in [-0.4, -0.2) is 71.8 Å². The number of fused-ring (bicyclic) bond motifs is 1. The van der Waals surface area contributed by atoms with Crippen LogP contribution in [0.2, 0.25) is 5.02 Å². The summed E-state index contributed by atoms with van der Waals surface area (Å²) in [5.74, 6) is -0.200. The van der Waals surface area contributed by atoms with Gasteiger partial charge in [-0.25, -0.2) is 0 Å². The molecule has 1 atom stereocenters. The van der Waals surface area contributed by atoms with Crippen molar-refractivity contribution in [3.8, 4) is 11.1 Å². The van der Waals surface area contributed by atoms with Gasteiger partial charge in [0.2, 0.25) is 0 Å². The predicted octanol–water partition coefficient (Wildman–Crippen LogP) is 4.03. The first-order valence-electron chi connectivity index (χ1n) is 14.8. The van der Waals surface area contributed by atoms with E-state index in [1.807, 2.05) is 24.3 Å².